The van der Waals surface area contributed by atoms with E-state index in [1.165, 1.54) is 0 Å². The van der Waals surface area contributed by atoms with Crippen LogP contribution in [0.4, 0.5) is 26.3 Å². The number of halogens is 6. The van der Waals surface area contributed by atoms with Gasteiger partial charge in [-0.05, 0) is 48.2 Å². The first-order valence-corrected chi connectivity index (χ1v) is 7.86. The first-order valence-electron chi connectivity index (χ1n) is 7.86. The van der Waals surface area contributed by atoms with E-state index in [4.69, 9.17) is 0 Å². The molecule has 4 nitrogen and oxygen atoms in total. The highest BCUT2D eigenvalue weighted by molar-refractivity contribution is 5.78. The Morgan fingerprint density at radius 3 is 1.03 bits per heavy atom. The minimum atomic E-state index is -5.38. The van der Waals surface area contributed by atoms with Crippen LogP contribution in [0.1, 0.15) is 22.3 Å². The predicted molar refractivity (Wildman–Crippen MR) is 89.0 cm³/mol. The summed E-state index contributed by atoms with van der Waals surface area (Å²) in [6.07, 6.45) is -10.8. The molecular weight excluding hydrogens is 418 g/mol. The van der Waals surface area contributed by atoms with Crippen molar-refractivity contribution in [3.05, 3.63) is 55.3 Å². The van der Waals surface area contributed by atoms with Crippen LogP contribution in [-0.2, 0) is 31.5 Å². The lowest BCUT2D eigenvalue weighted by molar-refractivity contribution is -0.140. The molecule has 0 aromatic heterocycles. The standard InChI is InChI=1S/C20H8F6O4/c1-9-3-11(17(19(21,22)23)15(7-29)13(9)5-27)12-4-10(2)14(6-28)16(8-30)18(12)20(24,25)26/h3-4H,1-2H3. The number of hydrogen-bond acceptors (Lipinski definition) is 4. The third-order valence-corrected chi connectivity index (χ3v) is 4.31. The normalized spacial score (nSPS) is 11.3. The van der Waals surface area contributed by atoms with Gasteiger partial charge in [0.25, 0.3) is 0 Å². The van der Waals surface area contributed by atoms with Crippen LogP contribution in [0.15, 0.2) is 12.1 Å². The largest absolute Gasteiger partial charge is 0.418 e. The van der Waals surface area contributed by atoms with Gasteiger partial charge >= 0.3 is 12.4 Å². The molecule has 0 unspecified atom stereocenters. The Labute approximate surface area is 162 Å². The monoisotopic (exact) mass is 426 g/mol. The van der Waals surface area contributed by atoms with E-state index in [1.807, 2.05) is 0 Å². The van der Waals surface area contributed by atoms with Crippen molar-refractivity contribution < 1.29 is 45.5 Å². The molecule has 0 aliphatic carbocycles. The summed E-state index contributed by atoms with van der Waals surface area (Å²) in [5, 5.41) is -4.26. The molecule has 0 fully saturated rings. The number of rotatable bonds is 1. The smallest absolute Gasteiger partial charge is 0.233 e. The third kappa shape index (κ3) is 3.64. The van der Waals surface area contributed by atoms with E-state index in [2.05, 4.69) is 0 Å². The molecule has 0 bridgehead atoms. The summed E-state index contributed by atoms with van der Waals surface area (Å²) in [5.74, 6) is 4.20. The molecule has 0 heterocycles. The molecule has 0 N–H and O–H groups in total. The van der Waals surface area contributed by atoms with Crippen molar-refractivity contribution in [1.29, 1.82) is 0 Å². The molecule has 0 amide bonds. The molecule has 0 atom stereocenters. The van der Waals surface area contributed by atoms with Gasteiger partial charge in [-0.2, -0.15) is 26.3 Å². The lowest BCUT2D eigenvalue weighted by atomic mass is 9.88. The van der Waals surface area contributed by atoms with Gasteiger partial charge in [0, 0.05) is 0 Å². The van der Waals surface area contributed by atoms with Gasteiger partial charge in [0.1, 0.15) is 23.8 Å². The molecule has 154 valence electrons. The van der Waals surface area contributed by atoms with Gasteiger partial charge in [-0.25, -0.2) is 19.2 Å². The van der Waals surface area contributed by atoms with Gasteiger partial charge < -0.3 is 0 Å². The average Bonchev–Trinajstić information content (AvgIpc) is 2.63. The second kappa shape index (κ2) is 7.64. The maximum absolute atomic E-state index is 13.8. The van der Waals surface area contributed by atoms with E-state index >= 15 is 0 Å². The van der Waals surface area contributed by atoms with Crippen molar-refractivity contribution in [3.8, 4) is 11.1 Å². The maximum atomic E-state index is 13.8. The number of carbonyl (C=O) groups excluding carboxylic acids is 4. The Morgan fingerprint density at radius 2 is 0.833 bits per heavy atom. The topological polar surface area (TPSA) is 68.3 Å². The van der Waals surface area contributed by atoms with Crippen LogP contribution in [-0.4, -0.2) is 23.8 Å². The van der Waals surface area contributed by atoms with Crippen molar-refractivity contribution in [2.24, 2.45) is 0 Å². The number of benzene rings is 2. The van der Waals surface area contributed by atoms with Gasteiger partial charge in [-0.3, -0.25) is 0 Å². The summed E-state index contributed by atoms with van der Waals surface area (Å²) in [5.41, 5.74) is -6.51. The highest BCUT2D eigenvalue weighted by atomic mass is 19.4. The molecule has 2 rings (SSSR count). The van der Waals surface area contributed by atoms with Gasteiger partial charge in [-0.15, -0.1) is 0 Å². The summed E-state index contributed by atoms with van der Waals surface area (Å²) in [6.45, 7) is 2.18. The maximum Gasteiger partial charge on any atom is 0.418 e. The molecule has 10 heteroatoms. The first kappa shape index (κ1) is 22.6. The van der Waals surface area contributed by atoms with Gasteiger partial charge in [0.2, 0.25) is 0 Å². The highest BCUT2D eigenvalue weighted by Crippen LogP contribution is 2.39. The van der Waals surface area contributed by atoms with E-state index in [0.29, 0.717) is 12.1 Å². The summed E-state index contributed by atoms with van der Waals surface area (Å²) in [7, 11) is 0. The van der Waals surface area contributed by atoms with Crippen molar-refractivity contribution >= 4 is 23.8 Å². The molecule has 0 radical (unpaired) electrons. The molecule has 0 spiro atoms. The Kier molecular flexibility index (Phi) is 5.76. The van der Waals surface area contributed by atoms with Gasteiger partial charge in [0.15, 0.2) is 0 Å². The quantitative estimate of drug-likeness (QED) is 0.604. The fourth-order valence-electron chi connectivity index (χ4n) is 3.12. The molecule has 0 aliphatic rings. The summed E-state index contributed by atoms with van der Waals surface area (Å²) >= 11 is 0. The summed E-state index contributed by atoms with van der Waals surface area (Å²) in [6, 6.07) is 1.24. The fraction of sp³-hybridized carbons (Fsp3) is 0.200. The lowest BCUT2D eigenvalue weighted by Gasteiger charge is -2.19. The highest BCUT2D eigenvalue weighted by Gasteiger charge is 2.41. The fourth-order valence-corrected chi connectivity index (χ4v) is 3.12. The van der Waals surface area contributed by atoms with Crippen LogP contribution in [0.25, 0.3) is 11.1 Å². The zero-order chi connectivity index (χ0) is 23.0. The second-order valence-electron chi connectivity index (χ2n) is 6.14. The zero-order valence-electron chi connectivity index (χ0n) is 15.1. The molecule has 0 saturated carbocycles. The van der Waals surface area contributed by atoms with Crippen LogP contribution in [0.2, 0.25) is 0 Å². The van der Waals surface area contributed by atoms with Crippen molar-refractivity contribution in [2.45, 2.75) is 26.2 Å². The Balaban J connectivity index is 3.44. The average molecular weight is 426 g/mol. The molecule has 2 aromatic carbocycles. The summed E-state index contributed by atoms with van der Waals surface area (Å²) in [4.78, 5) is 44.5. The molecule has 0 saturated heterocycles. The van der Waals surface area contributed by atoms with Gasteiger partial charge in [0.05, 0.1) is 32.0 Å². The van der Waals surface area contributed by atoms with E-state index in [0.717, 1.165) is 37.6 Å². The second-order valence-corrected chi connectivity index (χ2v) is 6.14. The number of alkyl halides is 6. The Morgan fingerprint density at radius 1 is 0.567 bits per heavy atom. The van der Waals surface area contributed by atoms with E-state index in [1.54, 1.807) is 0 Å². The predicted octanol–water partition coefficient (Wildman–Crippen LogP) is 0.0208. The minimum absolute atomic E-state index is 0.278. The van der Waals surface area contributed by atoms with E-state index in [-0.39, 0.29) is 11.1 Å². The van der Waals surface area contributed by atoms with E-state index < -0.39 is 55.5 Å². The molecule has 30 heavy (non-hydrogen) atoms. The molecular formula is C20H8F6O4. The number of hydrogen-bond donors (Lipinski definition) is 0. The van der Waals surface area contributed by atoms with E-state index in [9.17, 15) is 45.5 Å². The van der Waals surface area contributed by atoms with Crippen molar-refractivity contribution in [2.75, 3.05) is 0 Å². The van der Waals surface area contributed by atoms with Crippen LogP contribution in [0, 0.1) is 13.8 Å². The van der Waals surface area contributed by atoms with Crippen LogP contribution < -0.4 is 20.9 Å². The molecule has 0 aliphatic heterocycles. The molecule has 2 aromatic rings. The van der Waals surface area contributed by atoms with Gasteiger partial charge in [-0.1, -0.05) is 0 Å². The Bertz CT molecular complexity index is 1290. The van der Waals surface area contributed by atoms with Crippen LogP contribution in [0.5, 0.6) is 0 Å². The Hall–Kier alpha value is -3.66. The number of aryl methyl sites for hydroxylation is 2. The van der Waals surface area contributed by atoms with Crippen LogP contribution in [0.3, 0.4) is 0 Å². The SMILES string of the molecule is Cc1cc(-c2cc(C)c(=C=O)c(=C=O)c2C(F)(F)F)c(C(F)(F)F)c(=C=O)c1=C=O. The minimum Gasteiger partial charge on any atom is -0.233 e. The third-order valence-electron chi connectivity index (χ3n) is 4.31. The lowest BCUT2D eigenvalue weighted by Crippen LogP contribution is -2.40. The van der Waals surface area contributed by atoms with Crippen molar-refractivity contribution in [1.82, 2.24) is 0 Å². The first-order chi connectivity index (χ1) is 13.8. The zero-order valence-corrected chi connectivity index (χ0v) is 15.1. The summed E-state index contributed by atoms with van der Waals surface area (Å²) < 4.78 is 82.5. The van der Waals surface area contributed by atoms with Crippen molar-refractivity contribution in [3.63, 3.8) is 0 Å². The van der Waals surface area contributed by atoms with Crippen LogP contribution >= 0.6 is 0 Å².